The highest BCUT2D eigenvalue weighted by atomic mass is 16.5. The Hall–Kier alpha value is -2.70. The van der Waals surface area contributed by atoms with Crippen LogP contribution in [0.25, 0.3) is 11.4 Å². The third-order valence-corrected chi connectivity index (χ3v) is 3.80. The summed E-state index contributed by atoms with van der Waals surface area (Å²) >= 11 is 0. The van der Waals surface area contributed by atoms with E-state index < -0.39 is 0 Å². The summed E-state index contributed by atoms with van der Waals surface area (Å²) in [7, 11) is 1.76. The number of hydrogen-bond donors (Lipinski definition) is 0. The molecule has 0 aliphatic rings. The number of benzene rings is 1. The minimum atomic E-state index is 0.630. The number of rotatable bonds is 6. The maximum absolute atomic E-state index is 6.00. The van der Waals surface area contributed by atoms with Gasteiger partial charge in [-0.05, 0) is 55.7 Å². The van der Waals surface area contributed by atoms with Crippen molar-refractivity contribution in [3.05, 3.63) is 41.5 Å². The highest BCUT2D eigenvalue weighted by Crippen LogP contribution is 2.28. The number of aromatic nitrogens is 6. The third-order valence-electron chi connectivity index (χ3n) is 3.80. The number of imidazole rings is 1. The van der Waals surface area contributed by atoms with Crippen molar-refractivity contribution in [3.63, 3.8) is 0 Å². The van der Waals surface area contributed by atoms with E-state index in [9.17, 15) is 0 Å². The van der Waals surface area contributed by atoms with Crippen LogP contribution in [0.5, 0.6) is 5.75 Å². The van der Waals surface area contributed by atoms with Crippen molar-refractivity contribution in [2.24, 2.45) is 7.05 Å². The molecule has 0 aliphatic carbocycles. The van der Waals surface area contributed by atoms with Crippen LogP contribution >= 0.6 is 0 Å². The molecule has 0 radical (unpaired) electrons. The Morgan fingerprint density at radius 1 is 1.12 bits per heavy atom. The monoisotopic (exact) mass is 326 g/mol. The zero-order valence-corrected chi connectivity index (χ0v) is 14.5. The lowest BCUT2D eigenvalue weighted by Gasteiger charge is -2.13. The van der Waals surface area contributed by atoms with E-state index in [0.29, 0.717) is 12.4 Å². The van der Waals surface area contributed by atoms with Crippen molar-refractivity contribution < 1.29 is 4.74 Å². The summed E-state index contributed by atoms with van der Waals surface area (Å²) in [4.78, 5) is 5.69. The lowest BCUT2D eigenvalue weighted by molar-refractivity contribution is 0.298. The minimum absolute atomic E-state index is 0.630. The molecule has 3 aromatic rings. The number of tetrazole rings is 1. The van der Waals surface area contributed by atoms with E-state index in [1.54, 1.807) is 7.05 Å². The molecule has 0 saturated carbocycles. The Balaban J connectivity index is 1.63. The Morgan fingerprint density at radius 2 is 1.88 bits per heavy atom. The number of nitrogens with zero attached hydrogens (tertiary/aromatic N) is 6. The summed E-state index contributed by atoms with van der Waals surface area (Å²) in [6, 6.07) is 4.08. The molecule has 0 atom stereocenters. The van der Waals surface area contributed by atoms with E-state index in [0.717, 1.165) is 41.1 Å². The Morgan fingerprint density at radius 3 is 2.46 bits per heavy atom. The molecule has 2 aromatic heterocycles. The van der Waals surface area contributed by atoms with Crippen LogP contribution in [0.2, 0.25) is 0 Å². The largest absolute Gasteiger partial charge is 0.493 e. The molecule has 126 valence electrons. The third kappa shape index (κ3) is 3.61. The summed E-state index contributed by atoms with van der Waals surface area (Å²) in [5.74, 6) is 1.56. The van der Waals surface area contributed by atoms with Crippen LogP contribution in [0.4, 0.5) is 0 Å². The van der Waals surface area contributed by atoms with Crippen molar-refractivity contribution >= 4 is 0 Å². The van der Waals surface area contributed by atoms with Gasteiger partial charge in [-0.2, -0.15) is 4.80 Å². The van der Waals surface area contributed by atoms with Crippen molar-refractivity contribution in [1.29, 1.82) is 0 Å². The lowest BCUT2D eigenvalue weighted by atomic mass is 10.1. The summed E-state index contributed by atoms with van der Waals surface area (Å²) in [6.45, 7) is 7.65. The molecule has 0 amide bonds. The van der Waals surface area contributed by atoms with Crippen LogP contribution in [0.3, 0.4) is 0 Å². The van der Waals surface area contributed by atoms with Gasteiger partial charge in [0.05, 0.1) is 25.7 Å². The molecule has 0 fully saturated rings. The molecule has 0 saturated heterocycles. The summed E-state index contributed by atoms with van der Waals surface area (Å²) < 4.78 is 8.08. The van der Waals surface area contributed by atoms with Crippen molar-refractivity contribution in [1.82, 2.24) is 29.8 Å². The Kier molecular flexibility index (Phi) is 4.59. The van der Waals surface area contributed by atoms with Crippen molar-refractivity contribution in [3.8, 4) is 17.1 Å². The van der Waals surface area contributed by atoms with Crippen LogP contribution in [0, 0.1) is 20.8 Å². The first-order valence-corrected chi connectivity index (χ1v) is 8.00. The van der Waals surface area contributed by atoms with Gasteiger partial charge < -0.3 is 9.30 Å². The number of aryl methyl sites for hydroxylation is 5. The highest BCUT2D eigenvalue weighted by molar-refractivity contribution is 5.60. The molecule has 0 aliphatic heterocycles. The van der Waals surface area contributed by atoms with Gasteiger partial charge >= 0.3 is 0 Å². The molecule has 24 heavy (non-hydrogen) atoms. The SMILES string of the molecule is Cc1cn(CCCOc2c(C)cc(-c3nnn(C)n3)cc2C)cn1. The average Bonchev–Trinajstić information content (AvgIpc) is 3.14. The maximum Gasteiger partial charge on any atom is 0.204 e. The van der Waals surface area contributed by atoms with Gasteiger partial charge in [-0.1, -0.05) is 0 Å². The molecule has 0 unspecified atom stereocenters. The molecule has 7 nitrogen and oxygen atoms in total. The predicted molar refractivity (Wildman–Crippen MR) is 90.8 cm³/mol. The molecule has 0 bridgehead atoms. The zero-order chi connectivity index (χ0) is 17.1. The Bertz CT molecular complexity index is 812. The molecule has 0 N–H and O–H groups in total. The van der Waals surface area contributed by atoms with Gasteiger partial charge in [-0.3, -0.25) is 0 Å². The standard InChI is InChI=1S/C17H22N6O/c1-12-8-15(17-19-21-22(4)20-17)9-13(2)16(12)24-7-5-6-23-10-14(3)18-11-23/h8-11H,5-7H2,1-4H3. The molecule has 2 heterocycles. The van der Waals surface area contributed by atoms with Gasteiger partial charge in [-0.25, -0.2) is 4.98 Å². The fourth-order valence-corrected chi connectivity index (χ4v) is 2.72. The van der Waals surface area contributed by atoms with Crippen LogP contribution in [0.1, 0.15) is 23.2 Å². The normalized spacial score (nSPS) is 11.0. The quantitative estimate of drug-likeness (QED) is 0.651. The smallest absolute Gasteiger partial charge is 0.204 e. The van der Waals surface area contributed by atoms with Gasteiger partial charge in [0.2, 0.25) is 5.82 Å². The minimum Gasteiger partial charge on any atom is -0.493 e. The summed E-state index contributed by atoms with van der Waals surface area (Å²) in [5.41, 5.74) is 4.15. The van der Waals surface area contributed by atoms with Gasteiger partial charge in [0.25, 0.3) is 0 Å². The van der Waals surface area contributed by atoms with Gasteiger partial charge in [0, 0.05) is 18.3 Å². The van der Waals surface area contributed by atoms with E-state index in [1.165, 1.54) is 4.80 Å². The highest BCUT2D eigenvalue weighted by Gasteiger charge is 2.11. The van der Waals surface area contributed by atoms with E-state index in [4.69, 9.17) is 4.74 Å². The average molecular weight is 326 g/mol. The topological polar surface area (TPSA) is 70.7 Å². The van der Waals surface area contributed by atoms with Crippen molar-refractivity contribution in [2.45, 2.75) is 33.7 Å². The van der Waals surface area contributed by atoms with E-state index in [-0.39, 0.29) is 0 Å². The lowest BCUT2D eigenvalue weighted by Crippen LogP contribution is -2.05. The molecule has 0 spiro atoms. The molecule has 1 aromatic carbocycles. The maximum atomic E-state index is 6.00. The second-order valence-corrected chi connectivity index (χ2v) is 6.00. The molecular weight excluding hydrogens is 304 g/mol. The van der Waals surface area contributed by atoms with Crippen LogP contribution < -0.4 is 4.74 Å². The molecule has 3 rings (SSSR count). The van der Waals surface area contributed by atoms with Crippen LogP contribution in [-0.2, 0) is 13.6 Å². The van der Waals surface area contributed by atoms with E-state index in [1.807, 2.05) is 45.4 Å². The zero-order valence-electron chi connectivity index (χ0n) is 14.5. The van der Waals surface area contributed by atoms with Gasteiger partial charge in [-0.15, -0.1) is 10.2 Å². The summed E-state index contributed by atoms with van der Waals surface area (Å²) in [6.07, 6.45) is 4.83. The van der Waals surface area contributed by atoms with Gasteiger partial charge in [0.1, 0.15) is 5.75 Å². The molecular formula is C17H22N6O. The predicted octanol–water partition coefficient (Wildman–Crippen LogP) is 2.47. The fraction of sp³-hybridized carbons (Fsp3) is 0.412. The first-order chi connectivity index (χ1) is 11.5. The number of hydrogen-bond acceptors (Lipinski definition) is 5. The van der Waals surface area contributed by atoms with Crippen molar-refractivity contribution in [2.75, 3.05) is 6.61 Å². The fourth-order valence-electron chi connectivity index (χ4n) is 2.72. The number of ether oxygens (including phenoxy) is 1. The second-order valence-electron chi connectivity index (χ2n) is 6.00. The second kappa shape index (κ2) is 6.82. The van der Waals surface area contributed by atoms with E-state index in [2.05, 4.69) is 25.0 Å². The molecule has 7 heteroatoms. The van der Waals surface area contributed by atoms with Crippen LogP contribution in [-0.4, -0.2) is 36.4 Å². The first-order valence-electron chi connectivity index (χ1n) is 8.00. The first kappa shape index (κ1) is 16.2. The van der Waals surface area contributed by atoms with Gasteiger partial charge in [0.15, 0.2) is 0 Å². The van der Waals surface area contributed by atoms with E-state index >= 15 is 0 Å². The van der Waals surface area contributed by atoms with Crippen LogP contribution in [0.15, 0.2) is 24.7 Å². The summed E-state index contributed by atoms with van der Waals surface area (Å²) in [5, 5.41) is 12.2. The Labute approximate surface area is 141 Å².